The van der Waals surface area contributed by atoms with E-state index in [0.717, 1.165) is 18.4 Å². The molecule has 0 spiro atoms. The van der Waals surface area contributed by atoms with Crippen LogP contribution in [0.4, 0.5) is 4.39 Å². The van der Waals surface area contributed by atoms with Crippen molar-refractivity contribution in [3.05, 3.63) is 35.4 Å². The largest absolute Gasteiger partial charge is 0.467 e. The van der Waals surface area contributed by atoms with Gasteiger partial charge in [-0.05, 0) is 17.5 Å². The van der Waals surface area contributed by atoms with Crippen LogP contribution in [-0.4, -0.2) is 13.1 Å². The first-order valence-corrected chi connectivity index (χ1v) is 4.99. The number of esters is 1. The van der Waals surface area contributed by atoms with Gasteiger partial charge in [0.1, 0.15) is 0 Å². The van der Waals surface area contributed by atoms with Crippen molar-refractivity contribution >= 4 is 5.97 Å². The Kier molecular flexibility index (Phi) is 4.28. The summed E-state index contributed by atoms with van der Waals surface area (Å²) >= 11 is 0. The number of rotatable bonds is 4. The van der Waals surface area contributed by atoms with E-state index in [-0.39, 0.29) is 0 Å². The van der Waals surface area contributed by atoms with E-state index in [2.05, 4.69) is 11.7 Å². The molecule has 3 heteroatoms. The molecule has 0 aliphatic carbocycles. The van der Waals surface area contributed by atoms with Crippen molar-refractivity contribution in [1.82, 2.24) is 0 Å². The summed E-state index contributed by atoms with van der Waals surface area (Å²) in [4.78, 5) is 11.0. The lowest BCUT2D eigenvalue weighted by atomic mass is 10.0. The summed E-state index contributed by atoms with van der Waals surface area (Å²) in [7, 11) is 1.19. The molecule has 1 aromatic carbocycles. The zero-order valence-electron chi connectivity index (χ0n) is 9.00. The normalized spacial score (nSPS) is 12.2. The number of carbonyl (C=O) groups excluding carboxylic acids is 1. The second-order valence-electron chi connectivity index (χ2n) is 3.38. The van der Waals surface area contributed by atoms with E-state index in [1.807, 2.05) is 6.07 Å². The van der Waals surface area contributed by atoms with E-state index < -0.39 is 12.1 Å². The van der Waals surface area contributed by atoms with Gasteiger partial charge in [0.15, 0.2) is 0 Å². The minimum Gasteiger partial charge on any atom is -0.467 e. The first-order valence-electron chi connectivity index (χ1n) is 4.99. The van der Waals surface area contributed by atoms with Crippen LogP contribution in [0, 0.1) is 0 Å². The van der Waals surface area contributed by atoms with Crippen molar-refractivity contribution in [2.24, 2.45) is 0 Å². The van der Waals surface area contributed by atoms with Crippen LogP contribution >= 0.6 is 0 Å². The van der Waals surface area contributed by atoms with Gasteiger partial charge in [0.2, 0.25) is 6.17 Å². The fourth-order valence-electron chi connectivity index (χ4n) is 1.43. The fourth-order valence-corrected chi connectivity index (χ4v) is 1.43. The van der Waals surface area contributed by atoms with Gasteiger partial charge in [-0.1, -0.05) is 37.6 Å². The number of halogens is 1. The van der Waals surface area contributed by atoms with Gasteiger partial charge in [-0.2, -0.15) is 0 Å². The van der Waals surface area contributed by atoms with Crippen LogP contribution in [0.1, 0.15) is 30.6 Å². The van der Waals surface area contributed by atoms with Crippen LogP contribution in [0.15, 0.2) is 24.3 Å². The molecule has 0 aromatic heterocycles. The SMILES string of the molecule is CCCc1cccc(C(F)C(=O)OC)c1. The van der Waals surface area contributed by atoms with Crippen molar-refractivity contribution in [3.63, 3.8) is 0 Å². The Bertz CT molecular complexity index is 336. The summed E-state index contributed by atoms with van der Waals surface area (Å²) in [5, 5.41) is 0. The molecule has 0 N–H and O–H groups in total. The zero-order chi connectivity index (χ0) is 11.3. The third-order valence-corrected chi connectivity index (χ3v) is 2.19. The van der Waals surface area contributed by atoms with Crippen molar-refractivity contribution in [2.75, 3.05) is 7.11 Å². The Morgan fingerprint density at radius 2 is 2.27 bits per heavy atom. The molecule has 0 amide bonds. The average molecular weight is 210 g/mol. The van der Waals surface area contributed by atoms with Gasteiger partial charge >= 0.3 is 5.97 Å². The summed E-state index contributed by atoms with van der Waals surface area (Å²) in [6.45, 7) is 2.06. The van der Waals surface area contributed by atoms with E-state index in [4.69, 9.17) is 0 Å². The van der Waals surface area contributed by atoms with E-state index in [0.29, 0.717) is 5.56 Å². The quantitative estimate of drug-likeness (QED) is 0.714. The highest BCUT2D eigenvalue weighted by atomic mass is 19.1. The first kappa shape index (κ1) is 11.7. The molecule has 0 bridgehead atoms. The summed E-state index contributed by atoms with van der Waals surface area (Å²) in [6.07, 6.45) is 0.215. The second-order valence-corrected chi connectivity index (χ2v) is 3.38. The Hall–Kier alpha value is -1.38. The van der Waals surface area contributed by atoms with Gasteiger partial charge in [-0.25, -0.2) is 9.18 Å². The molecule has 0 aliphatic rings. The van der Waals surface area contributed by atoms with Crippen molar-refractivity contribution < 1.29 is 13.9 Å². The molecule has 1 rings (SSSR count). The Morgan fingerprint density at radius 3 is 2.87 bits per heavy atom. The molecule has 2 nitrogen and oxygen atoms in total. The lowest BCUT2D eigenvalue weighted by Crippen LogP contribution is -2.09. The number of aryl methyl sites for hydroxylation is 1. The van der Waals surface area contributed by atoms with E-state index in [9.17, 15) is 9.18 Å². The van der Waals surface area contributed by atoms with Crippen molar-refractivity contribution in [1.29, 1.82) is 0 Å². The number of hydrogen-bond acceptors (Lipinski definition) is 2. The molecule has 0 radical (unpaired) electrons. The van der Waals surface area contributed by atoms with Crippen LogP contribution in [0.3, 0.4) is 0 Å². The van der Waals surface area contributed by atoms with E-state index in [1.54, 1.807) is 18.2 Å². The van der Waals surface area contributed by atoms with Gasteiger partial charge in [0.05, 0.1) is 7.11 Å². The van der Waals surface area contributed by atoms with E-state index >= 15 is 0 Å². The first-order chi connectivity index (χ1) is 7.19. The van der Waals surface area contributed by atoms with Gasteiger partial charge in [0.25, 0.3) is 0 Å². The number of benzene rings is 1. The highest BCUT2D eigenvalue weighted by molar-refractivity contribution is 5.76. The highest BCUT2D eigenvalue weighted by Gasteiger charge is 2.19. The molecule has 0 fully saturated rings. The van der Waals surface area contributed by atoms with Gasteiger partial charge in [-0.15, -0.1) is 0 Å². The Morgan fingerprint density at radius 1 is 1.53 bits per heavy atom. The molecule has 1 atom stereocenters. The third kappa shape index (κ3) is 3.05. The van der Waals surface area contributed by atoms with Gasteiger partial charge < -0.3 is 4.74 Å². The molecule has 1 unspecified atom stereocenters. The van der Waals surface area contributed by atoms with Crippen LogP contribution in [0.25, 0.3) is 0 Å². The molecule has 15 heavy (non-hydrogen) atoms. The van der Waals surface area contributed by atoms with Crippen molar-refractivity contribution in [2.45, 2.75) is 25.9 Å². The van der Waals surface area contributed by atoms with Crippen molar-refractivity contribution in [3.8, 4) is 0 Å². The highest BCUT2D eigenvalue weighted by Crippen LogP contribution is 2.20. The van der Waals surface area contributed by atoms with Gasteiger partial charge in [0, 0.05) is 0 Å². The number of hydrogen-bond donors (Lipinski definition) is 0. The smallest absolute Gasteiger partial charge is 0.345 e. The predicted molar refractivity (Wildman–Crippen MR) is 56.3 cm³/mol. The summed E-state index contributed by atoms with van der Waals surface area (Å²) < 4.78 is 17.8. The average Bonchev–Trinajstić information content (AvgIpc) is 2.28. The maximum atomic E-state index is 13.5. The number of carbonyl (C=O) groups is 1. The van der Waals surface area contributed by atoms with Crippen LogP contribution in [-0.2, 0) is 16.0 Å². The third-order valence-electron chi connectivity index (χ3n) is 2.19. The number of alkyl halides is 1. The lowest BCUT2D eigenvalue weighted by Gasteiger charge is -2.07. The standard InChI is InChI=1S/C12H15FO2/c1-3-5-9-6-4-7-10(8-9)11(13)12(14)15-2/h4,6-8,11H,3,5H2,1-2H3. The monoisotopic (exact) mass is 210 g/mol. The topological polar surface area (TPSA) is 26.3 Å². The molecule has 0 aliphatic heterocycles. The molecular weight excluding hydrogens is 195 g/mol. The van der Waals surface area contributed by atoms with Crippen LogP contribution in [0.2, 0.25) is 0 Å². The predicted octanol–water partition coefficient (Wildman–Crippen LogP) is 2.82. The van der Waals surface area contributed by atoms with Crippen LogP contribution < -0.4 is 0 Å². The molecular formula is C12H15FO2. The van der Waals surface area contributed by atoms with Gasteiger partial charge in [-0.3, -0.25) is 0 Å². The number of methoxy groups -OCH3 is 1. The maximum Gasteiger partial charge on any atom is 0.345 e. The number of ether oxygens (including phenoxy) is 1. The lowest BCUT2D eigenvalue weighted by molar-refractivity contribution is -0.146. The maximum absolute atomic E-state index is 13.5. The molecule has 0 heterocycles. The zero-order valence-corrected chi connectivity index (χ0v) is 9.00. The summed E-state index contributed by atoms with van der Waals surface area (Å²) in [6, 6.07) is 7.00. The minimum atomic E-state index is -1.67. The molecule has 82 valence electrons. The Balaban J connectivity index is 2.84. The summed E-state index contributed by atoms with van der Waals surface area (Å²) in [5.41, 5.74) is 1.41. The van der Waals surface area contributed by atoms with E-state index in [1.165, 1.54) is 7.11 Å². The molecule has 0 saturated carbocycles. The minimum absolute atomic E-state index is 0.368. The summed E-state index contributed by atoms with van der Waals surface area (Å²) in [5.74, 6) is -0.844. The fraction of sp³-hybridized carbons (Fsp3) is 0.417. The van der Waals surface area contributed by atoms with Crippen LogP contribution in [0.5, 0.6) is 0 Å². The second kappa shape index (κ2) is 5.49. The molecule has 0 saturated heterocycles. The molecule has 1 aromatic rings. The Labute approximate surface area is 89.1 Å².